The summed E-state index contributed by atoms with van der Waals surface area (Å²) in [7, 11) is 0. The smallest absolute Gasteiger partial charge is 0.307 e. The third-order valence-corrected chi connectivity index (χ3v) is 5.33. The SMILES string of the molecule is CCN(CCCNCCC(=O)OC(C)(C)C)Cc1ccccc1.CCNCCCNCCC(=O)OC(C)(C)C.[HH]. The first kappa shape index (κ1) is 37.0. The molecule has 1 rings (SSSR count). The van der Waals surface area contributed by atoms with Crippen molar-refractivity contribution in [3.05, 3.63) is 35.9 Å². The normalized spacial score (nSPS) is 11.6. The zero-order chi connectivity index (χ0) is 29.6. The number of benzene rings is 1. The fourth-order valence-corrected chi connectivity index (χ4v) is 3.55. The quantitative estimate of drug-likeness (QED) is 0.177. The van der Waals surface area contributed by atoms with Gasteiger partial charge in [-0.2, -0.15) is 0 Å². The van der Waals surface area contributed by atoms with Crippen LogP contribution in [0.25, 0.3) is 0 Å². The summed E-state index contributed by atoms with van der Waals surface area (Å²) in [5.41, 5.74) is 0.588. The van der Waals surface area contributed by atoms with Gasteiger partial charge in [0.05, 0.1) is 12.8 Å². The van der Waals surface area contributed by atoms with Gasteiger partial charge in [-0.1, -0.05) is 44.2 Å². The van der Waals surface area contributed by atoms with Crippen LogP contribution in [0.3, 0.4) is 0 Å². The number of carbonyl (C=O) groups excluding carboxylic acids is 2. The van der Waals surface area contributed by atoms with E-state index in [0.29, 0.717) is 25.9 Å². The summed E-state index contributed by atoms with van der Waals surface area (Å²) >= 11 is 0. The van der Waals surface area contributed by atoms with Crippen LogP contribution in [0.2, 0.25) is 0 Å². The zero-order valence-corrected chi connectivity index (χ0v) is 26.2. The molecule has 0 unspecified atom stereocenters. The van der Waals surface area contributed by atoms with Crippen molar-refractivity contribution < 1.29 is 20.5 Å². The highest BCUT2D eigenvalue weighted by Crippen LogP contribution is 2.08. The van der Waals surface area contributed by atoms with E-state index in [2.05, 4.69) is 59.0 Å². The zero-order valence-electron chi connectivity index (χ0n) is 26.2. The highest BCUT2D eigenvalue weighted by atomic mass is 16.6. The number of rotatable bonds is 18. The van der Waals surface area contributed by atoms with E-state index in [1.165, 1.54) is 5.56 Å². The summed E-state index contributed by atoms with van der Waals surface area (Å²) in [5.74, 6) is -0.268. The van der Waals surface area contributed by atoms with E-state index >= 15 is 0 Å². The van der Waals surface area contributed by atoms with Crippen LogP contribution >= 0.6 is 0 Å². The van der Waals surface area contributed by atoms with Gasteiger partial charge in [-0.25, -0.2) is 0 Å². The van der Waals surface area contributed by atoms with Crippen molar-refractivity contribution >= 4 is 11.9 Å². The molecule has 1 aromatic carbocycles. The lowest BCUT2D eigenvalue weighted by Crippen LogP contribution is -2.29. The van der Waals surface area contributed by atoms with E-state index in [1.54, 1.807) is 0 Å². The molecule has 8 nitrogen and oxygen atoms in total. The molecule has 0 aliphatic carbocycles. The van der Waals surface area contributed by atoms with Crippen molar-refractivity contribution in [2.24, 2.45) is 0 Å². The predicted octanol–water partition coefficient (Wildman–Crippen LogP) is 4.77. The highest BCUT2D eigenvalue weighted by Gasteiger charge is 2.16. The molecule has 0 saturated heterocycles. The molecule has 39 heavy (non-hydrogen) atoms. The number of hydrogen-bond donors (Lipinski definition) is 3. The van der Waals surface area contributed by atoms with Gasteiger partial charge in [0, 0.05) is 21.1 Å². The Kier molecular flexibility index (Phi) is 20.7. The Hall–Kier alpha value is -2.00. The summed E-state index contributed by atoms with van der Waals surface area (Å²) in [4.78, 5) is 25.3. The Labute approximate surface area is 240 Å². The minimum atomic E-state index is -0.393. The second-order valence-electron chi connectivity index (χ2n) is 11.6. The second-order valence-corrected chi connectivity index (χ2v) is 11.6. The number of nitrogens with one attached hydrogen (secondary N) is 3. The van der Waals surface area contributed by atoms with Crippen LogP contribution < -0.4 is 16.0 Å². The van der Waals surface area contributed by atoms with Crippen molar-refractivity contribution in [3.63, 3.8) is 0 Å². The molecule has 0 heterocycles. The van der Waals surface area contributed by atoms with Gasteiger partial charge >= 0.3 is 11.9 Å². The maximum atomic E-state index is 11.6. The summed E-state index contributed by atoms with van der Waals surface area (Å²) < 4.78 is 10.5. The molecule has 0 radical (unpaired) electrons. The van der Waals surface area contributed by atoms with E-state index in [4.69, 9.17) is 9.47 Å². The Morgan fingerprint density at radius 1 is 0.744 bits per heavy atom. The molecule has 0 fully saturated rings. The van der Waals surface area contributed by atoms with E-state index in [9.17, 15) is 9.59 Å². The molecular formula is C31H60N4O4. The lowest BCUT2D eigenvalue weighted by Gasteiger charge is -2.21. The number of ether oxygens (including phenoxy) is 2. The van der Waals surface area contributed by atoms with Crippen molar-refractivity contribution in [3.8, 4) is 0 Å². The van der Waals surface area contributed by atoms with Gasteiger partial charge in [-0.3, -0.25) is 14.5 Å². The van der Waals surface area contributed by atoms with Crippen molar-refractivity contribution in [2.75, 3.05) is 52.4 Å². The van der Waals surface area contributed by atoms with Crippen molar-refractivity contribution in [2.45, 2.75) is 98.8 Å². The first-order valence-corrected chi connectivity index (χ1v) is 14.7. The minimum Gasteiger partial charge on any atom is -0.460 e. The molecule has 0 atom stereocenters. The van der Waals surface area contributed by atoms with Gasteiger partial charge in [-0.05, 0) is 99.2 Å². The van der Waals surface area contributed by atoms with Crippen molar-refractivity contribution in [1.29, 1.82) is 0 Å². The summed E-state index contributed by atoms with van der Waals surface area (Å²) in [5, 5.41) is 9.79. The molecule has 0 saturated carbocycles. The molecule has 0 spiro atoms. The second kappa shape index (κ2) is 21.8. The Morgan fingerprint density at radius 3 is 1.69 bits per heavy atom. The standard InChI is InChI=1S/C19H32N2O2.C12H26N2O2.H2/c1-5-21(16-17-10-7-6-8-11-17)15-9-13-20-14-12-18(22)23-19(2,3)4;1-5-13-8-6-9-14-10-7-11(15)16-12(2,3)4;/h6-8,10-11,20H,5,9,12-16H2,1-4H3;13-14H,5-10H2,1-4H3;1H. The number of nitrogens with zero attached hydrogens (tertiary/aromatic N) is 1. The van der Waals surface area contributed by atoms with Gasteiger partial charge < -0.3 is 25.4 Å². The van der Waals surface area contributed by atoms with Gasteiger partial charge in [0.25, 0.3) is 0 Å². The first-order chi connectivity index (χ1) is 18.4. The Morgan fingerprint density at radius 2 is 1.23 bits per heavy atom. The van der Waals surface area contributed by atoms with Crippen LogP contribution in [-0.4, -0.2) is 80.4 Å². The molecule has 3 N–H and O–H groups in total. The molecule has 228 valence electrons. The monoisotopic (exact) mass is 552 g/mol. The van der Waals surface area contributed by atoms with Crippen LogP contribution in [0.1, 0.15) is 88.1 Å². The lowest BCUT2D eigenvalue weighted by atomic mass is 10.2. The predicted molar refractivity (Wildman–Crippen MR) is 164 cm³/mol. The molecule has 0 aliphatic heterocycles. The average Bonchev–Trinajstić information content (AvgIpc) is 2.83. The average molecular weight is 553 g/mol. The molecule has 0 bridgehead atoms. The first-order valence-electron chi connectivity index (χ1n) is 14.7. The number of esters is 2. The molecule has 0 amide bonds. The van der Waals surface area contributed by atoms with Crippen LogP contribution in [-0.2, 0) is 25.6 Å². The molecule has 0 aliphatic rings. The maximum absolute atomic E-state index is 11.6. The largest absolute Gasteiger partial charge is 0.460 e. The van der Waals surface area contributed by atoms with Crippen molar-refractivity contribution in [1.82, 2.24) is 20.9 Å². The lowest BCUT2D eigenvalue weighted by molar-refractivity contribution is -0.155. The summed E-state index contributed by atoms with van der Waals surface area (Å²) in [6.45, 7) is 24.0. The molecule has 0 aromatic heterocycles. The van der Waals surface area contributed by atoms with E-state index in [1.807, 2.05) is 47.6 Å². The third kappa shape index (κ3) is 26.0. The van der Waals surface area contributed by atoms with Crippen LogP contribution in [0, 0.1) is 0 Å². The van der Waals surface area contributed by atoms with Crippen LogP contribution in [0.15, 0.2) is 30.3 Å². The molecular weight excluding hydrogens is 492 g/mol. The third-order valence-electron chi connectivity index (χ3n) is 5.33. The van der Waals surface area contributed by atoms with Gasteiger partial charge in [0.15, 0.2) is 0 Å². The topological polar surface area (TPSA) is 91.9 Å². The Balaban J connectivity index is 0. The van der Waals surface area contributed by atoms with E-state index in [-0.39, 0.29) is 19.0 Å². The fraction of sp³-hybridized carbons (Fsp3) is 0.742. The molecule has 1 aromatic rings. The maximum Gasteiger partial charge on any atom is 0.307 e. The molecule has 8 heteroatoms. The van der Waals surface area contributed by atoms with Gasteiger partial charge in [-0.15, -0.1) is 0 Å². The Bertz CT molecular complexity index is 752. The summed E-state index contributed by atoms with van der Waals surface area (Å²) in [6, 6.07) is 10.6. The number of carbonyl (C=O) groups is 2. The highest BCUT2D eigenvalue weighted by molar-refractivity contribution is 5.70. The summed E-state index contributed by atoms with van der Waals surface area (Å²) in [6.07, 6.45) is 3.04. The van der Waals surface area contributed by atoms with Crippen LogP contribution in [0.5, 0.6) is 0 Å². The van der Waals surface area contributed by atoms with Gasteiger partial charge in [0.2, 0.25) is 0 Å². The minimum absolute atomic E-state index is 0. The fourth-order valence-electron chi connectivity index (χ4n) is 3.55. The van der Waals surface area contributed by atoms with Crippen LogP contribution in [0.4, 0.5) is 0 Å². The number of hydrogen-bond acceptors (Lipinski definition) is 8. The van der Waals surface area contributed by atoms with E-state index < -0.39 is 5.60 Å². The van der Waals surface area contributed by atoms with Gasteiger partial charge in [0.1, 0.15) is 11.2 Å². The van der Waals surface area contributed by atoms with E-state index in [0.717, 1.165) is 58.7 Å².